The highest BCUT2D eigenvalue weighted by Crippen LogP contribution is 2.36. The Kier molecular flexibility index (Phi) is 10.6. The number of ether oxygens (including phenoxy) is 2. The van der Waals surface area contributed by atoms with Crippen molar-refractivity contribution in [2.45, 2.75) is 18.5 Å². The van der Waals surface area contributed by atoms with Crippen LogP contribution in [0.5, 0.6) is 11.5 Å². The molecule has 2 aromatic carbocycles. The van der Waals surface area contributed by atoms with Crippen LogP contribution in [0.15, 0.2) is 59.4 Å². The molecule has 0 amide bonds. The first-order chi connectivity index (χ1) is 20.7. The minimum Gasteiger partial charge on any atom is -0.497 e. The van der Waals surface area contributed by atoms with Gasteiger partial charge in [0.1, 0.15) is 36.5 Å². The van der Waals surface area contributed by atoms with Gasteiger partial charge in [0.2, 0.25) is 0 Å². The summed E-state index contributed by atoms with van der Waals surface area (Å²) in [5.41, 5.74) is 12.1. The fourth-order valence-electron chi connectivity index (χ4n) is 3.84. The van der Waals surface area contributed by atoms with Gasteiger partial charge in [-0.25, -0.2) is 23.4 Å². The van der Waals surface area contributed by atoms with Crippen molar-refractivity contribution in [3.05, 3.63) is 93.4 Å². The standard InChI is InChI=1S/C25H25F2N7O3.C2HF3O2/c1-36-16-12-17(22(27)19(13-16)37-10-9-26)18(11-14-5-7-15(8-6-14)23(29)30)24-32-25(35)34(33-24)21-4-2-3-20(28)31-21;3-2(4,5)1(6)7/h2-8,12-13,18H,9-11H2,1H3,(H2,28,31)(H3,29,30)(H,32,33,35);(H,6,7). The normalized spacial score (nSPS) is 11.7. The molecule has 0 saturated heterocycles. The summed E-state index contributed by atoms with van der Waals surface area (Å²) >= 11 is 0. The van der Waals surface area contributed by atoms with Crippen LogP contribution in [-0.4, -0.2) is 63.2 Å². The number of hydrogen-bond acceptors (Lipinski definition) is 8. The predicted molar refractivity (Wildman–Crippen MR) is 148 cm³/mol. The summed E-state index contributed by atoms with van der Waals surface area (Å²) < 4.78 is 71.8. The number of benzene rings is 2. The zero-order valence-electron chi connectivity index (χ0n) is 22.9. The Balaban J connectivity index is 0.000000676. The quantitative estimate of drug-likeness (QED) is 0.100. The maximum atomic E-state index is 15.7. The van der Waals surface area contributed by atoms with Gasteiger partial charge in [0, 0.05) is 17.2 Å². The molecule has 2 aromatic heterocycles. The molecule has 7 N–H and O–H groups in total. The highest BCUT2D eigenvalue weighted by molar-refractivity contribution is 5.94. The molecule has 1 unspecified atom stereocenters. The lowest BCUT2D eigenvalue weighted by Crippen LogP contribution is -2.21. The number of nitrogen functional groups attached to an aromatic ring is 2. The first-order valence-electron chi connectivity index (χ1n) is 12.5. The van der Waals surface area contributed by atoms with Gasteiger partial charge in [-0.2, -0.15) is 17.9 Å². The van der Waals surface area contributed by atoms with Gasteiger partial charge < -0.3 is 26.0 Å². The smallest absolute Gasteiger partial charge is 0.490 e. The van der Waals surface area contributed by atoms with E-state index in [4.69, 9.17) is 36.3 Å². The zero-order chi connectivity index (χ0) is 32.6. The number of amidine groups is 1. The van der Waals surface area contributed by atoms with Crippen molar-refractivity contribution in [2.24, 2.45) is 5.73 Å². The van der Waals surface area contributed by atoms with Crippen LogP contribution in [0.4, 0.5) is 27.8 Å². The second kappa shape index (κ2) is 14.1. The summed E-state index contributed by atoms with van der Waals surface area (Å²) in [6, 6.07) is 14.4. The third-order valence-electron chi connectivity index (χ3n) is 5.87. The molecule has 0 aliphatic carbocycles. The van der Waals surface area contributed by atoms with Gasteiger partial charge in [-0.05, 0) is 30.2 Å². The van der Waals surface area contributed by atoms with E-state index in [1.165, 1.54) is 19.2 Å². The number of nitrogens with one attached hydrogen (secondary N) is 2. The molecule has 0 spiro atoms. The van der Waals surface area contributed by atoms with Gasteiger partial charge in [0.05, 0.1) is 13.0 Å². The molecule has 17 heteroatoms. The fourth-order valence-corrected chi connectivity index (χ4v) is 3.84. The van der Waals surface area contributed by atoms with Gasteiger partial charge in [-0.3, -0.25) is 10.4 Å². The summed E-state index contributed by atoms with van der Waals surface area (Å²) in [4.78, 5) is 28.5. The Labute approximate surface area is 245 Å². The second-order valence-corrected chi connectivity index (χ2v) is 8.88. The van der Waals surface area contributed by atoms with E-state index in [1.54, 1.807) is 42.5 Å². The molecule has 234 valence electrons. The van der Waals surface area contributed by atoms with Crippen LogP contribution in [0.1, 0.15) is 28.4 Å². The predicted octanol–water partition coefficient (Wildman–Crippen LogP) is 3.33. The van der Waals surface area contributed by atoms with Gasteiger partial charge in [0.15, 0.2) is 17.4 Å². The van der Waals surface area contributed by atoms with Crippen molar-refractivity contribution in [3.8, 4) is 17.3 Å². The molecule has 4 aromatic rings. The molecule has 4 rings (SSSR count). The van der Waals surface area contributed by atoms with Crippen molar-refractivity contribution in [2.75, 3.05) is 26.1 Å². The van der Waals surface area contributed by atoms with Crippen LogP contribution in [0.3, 0.4) is 0 Å². The topological polar surface area (TPSA) is 195 Å². The minimum absolute atomic E-state index is 0.0886. The molecule has 0 bridgehead atoms. The molecule has 0 radical (unpaired) electrons. The van der Waals surface area contributed by atoms with Crippen molar-refractivity contribution in [1.29, 1.82) is 5.41 Å². The van der Waals surface area contributed by atoms with E-state index in [0.717, 1.165) is 10.2 Å². The van der Waals surface area contributed by atoms with Gasteiger partial charge in [-0.15, -0.1) is 5.10 Å². The molecule has 12 nitrogen and oxygen atoms in total. The average molecular weight is 624 g/mol. The number of carboxylic acid groups (broad SMARTS) is 1. The lowest BCUT2D eigenvalue weighted by Gasteiger charge is -2.19. The van der Waals surface area contributed by atoms with E-state index < -0.39 is 36.2 Å². The molecule has 44 heavy (non-hydrogen) atoms. The Morgan fingerprint density at radius 3 is 2.39 bits per heavy atom. The number of methoxy groups -OCH3 is 1. The third kappa shape index (κ3) is 8.30. The number of aromatic nitrogens is 4. The molecule has 2 heterocycles. The molecule has 0 aliphatic heterocycles. The maximum absolute atomic E-state index is 15.7. The number of nitrogens with two attached hydrogens (primary N) is 2. The highest BCUT2D eigenvalue weighted by Gasteiger charge is 2.38. The summed E-state index contributed by atoms with van der Waals surface area (Å²) in [6.45, 7) is -1.14. The van der Waals surface area contributed by atoms with Crippen LogP contribution in [0.2, 0.25) is 0 Å². The number of aromatic amines is 1. The number of carboxylic acids is 1. The van der Waals surface area contributed by atoms with E-state index >= 15 is 4.39 Å². The monoisotopic (exact) mass is 623 g/mol. The van der Waals surface area contributed by atoms with E-state index in [1.807, 2.05) is 0 Å². The summed E-state index contributed by atoms with van der Waals surface area (Å²) in [5, 5.41) is 19.1. The van der Waals surface area contributed by atoms with Crippen LogP contribution in [-0.2, 0) is 11.2 Å². The van der Waals surface area contributed by atoms with Crippen LogP contribution in [0, 0.1) is 11.2 Å². The highest BCUT2D eigenvalue weighted by atomic mass is 19.4. The number of nitrogens with zero attached hydrogens (tertiary/aromatic N) is 3. The van der Waals surface area contributed by atoms with E-state index in [-0.39, 0.29) is 53.4 Å². The number of rotatable bonds is 10. The Morgan fingerprint density at radius 2 is 1.84 bits per heavy atom. The number of H-pyrrole nitrogens is 1. The van der Waals surface area contributed by atoms with Crippen LogP contribution >= 0.6 is 0 Å². The first-order valence-corrected chi connectivity index (χ1v) is 12.5. The van der Waals surface area contributed by atoms with Crippen LogP contribution < -0.4 is 26.6 Å². The minimum atomic E-state index is -5.08. The number of hydrogen-bond donors (Lipinski definition) is 5. The number of halogens is 5. The number of pyridine rings is 1. The van der Waals surface area contributed by atoms with Crippen molar-refractivity contribution < 1.29 is 41.3 Å². The summed E-state index contributed by atoms with van der Waals surface area (Å²) in [7, 11) is 1.41. The Bertz CT molecular complexity index is 1670. The molecular weight excluding hydrogens is 597 g/mol. The summed E-state index contributed by atoms with van der Waals surface area (Å²) in [6.07, 6.45) is -4.89. The Morgan fingerprint density at radius 1 is 1.18 bits per heavy atom. The maximum Gasteiger partial charge on any atom is 0.490 e. The lowest BCUT2D eigenvalue weighted by molar-refractivity contribution is -0.192. The second-order valence-electron chi connectivity index (χ2n) is 8.88. The van der Waals surface area contributed by atoms with Crippen molar-refractivity contribution in [1.82, 2.24) is 19.7 Å². The summed E-state index contributed by atoms with van der Waals surface area (Å²) in [5.74, 6) is -3.78. The SMILES string of the molecule is COc1cc(OCCF)c(F)c(C(Cc2ccc(C(=N)N)cc2)c2nn(-c3cccc(N)n3)c(=O)[nH]2)c1.O=C(O)C(F)(F)F. The third-order valence-corrected chi connectivity index (χ3v) is 5.87. The molecule has 0 aliphatic rings. The van der Waals surface area contributed by atoms with Crippen molar-refractivity contribution in [3.63, 3.8) is 0 Å². The molecule has 0 saturated carbocycles. The Hall–Kier alpha value is -5.48. The fraction of sp³-hybridized carbons (Fsp3) is 0.222. The van der Waals surface area contributed by atoms with Gasteiger partial charge in [-0.1, -0.05) is 30.3 Å². The van der Waals surface area contributed by atoms with Gasteiger partial charge in [0.25, 0.3) is 0 Å². The van der Waals surface area contributed by atoms with E-state index in [9.17, 15) is 22.4 Å². The van der Waals surface area contributed by atoms with Crippen molar-refractivity contribution >= 4 is 17.6 Å². The molecular formula is C27H26F5N7O5. The van der Waals surface area contributed by atoms with E-state index in [2.05, 4.69) is 15.1 Å². The molecule has 0 fully saturated rings. The van der Waals surface area contributed by atoms with E-state index in [0.29, 0.717) is 5.56 Å². The average Bonchev–Trinajstić information content (AvgIpc) is 3.36. The largest absolute Gasteiger partial charge is 0.497 e. The van der Waals surface area contributed by atoms with Gasteiger partial charge >= 0.3 is 17.8 Å². The number of alkyl halides is 4. The van der Waals surface area contributed by atoms with Crippen LogP contribution in [0.25, 0.3) is 5.82 Å². The molecule has 1 atom stereocenters. The lowest BCUT2D eigenvalue weighted by atomic mass is 9.90. The number of aliphatic carboxylic acids is 1. The zero-order valence-corrected chi connectivity index (χ0v) is 22.9. The first kappa shape index (κ1) is 33.0. The number of carbonyl (C=O) groups is 1. The number of anilines is 1.